The van der Waals surface area contributed by atoms with E-state index in [1.807, 2.05) is 19.1 Å². The second-order valence-electron chi connectivity index (χ2n) is 4.68. The van der Waals surface area contributed by atoms with Crippen LogP contribution in [0.5, 0.6) is 11.6 Å². The lowest BCUT2D eigenvalue weighted by molar-refractivity contribution is -0.117. The zero-order valence-electron chi connectivity index (χ0n) is 12.4. The Labute approximate surface area is 136 Å². The first-order chi connectivity index (χ1) is 10.2. The van der Waals surface area contributed by atoms with Gasteiger partial charge in [0.05, 0.1) is 6.04 Å². The van der Waals surface area contributed by atoms with Gasteiger partial charge in [-0.1, -0.05) is 25.5 Å². The Morgan fingerprint density at radius 3 is 2.82 bits per heavy atom. The molecule has 0 aliphatic heterocycles. The molecule has 0 aliphatic rings. The smallest absolute Gasteiger partial charge is 0.241 e. The largest absolute Gasteiger partial charge is 0.439 e. The number of carbonyl (C=O) groups excluding carboxylic acids is 1. The number of halogens is 1. The zero-order valence-corrected chi connectivity index (χ0v) is 13.2. The molecule has 0 aliphatic carbocycles. The van der Waals surface area contributed by atoms with Crippen LogP contribution in [0.25, 0.3) is 0 Å². The predicted octanol–water partition coefficient (Wildman–Crippen LogP) is 3.36. The Morgan fingerprint density at radius 2 is 2.14 bits per heavy atom. The van der Waals surface area contributed by atoms with E-state index in [9.17, 15) is 4.79 Å². The maximum Gasteiger partial charge on any atom is 0.241 e. The SMILES string of the molecule is CCCC(N)C(=O)Nc1cccc(Oc2ccccn2)c1.Cl. The summed E-state index contributed by atoms with van der Waals surface area (Å²) < 4.78 is 5.61. The van der Waals surface area contributed by atoms with Gasteiger partial charge >= 0.3 is 0 Å². The summed E-state index contributed by atoms with van der Waals surface area (Å²) in [7, 11) is 0. The van der Waals surface area contributed by atoms with E-state index >= 15 is 0 Å². The Hall–Kier alpha value is -2.11. The van der Waals surface area contributed by atoms with E-state index in [0.29, 0.717) is 23.7 Å². The number of aromatic nitrogens is 1. The highest BCUT2D eigenvalue weighted by Gasteiger charge is 2.12. The molecule has 0 radical (unpaired) electrons. The van der Waals surface area contributed by atoms with Crippen molar-refractivity contribution >= 4 is 24.0 Å². The van der Waals surface area contributed by atoms with Crippen LogP contribution in [0.4, 0.5) is 5.69 Å². The molecule has 1 aromatic heterocycles. The summed E-state index contributed by atoms with van der Waals surface area (Å²) in [6.45, 7) is 1.99. The second-order valence-corrected chi connectivity index (χ2v) is 4.68. The van der Waals surface area contributed by atoms with Crippen molar-refractivity contribution in [2.24, 2.45) is 5.73 Å². The highest BCUT2D eigenvalue weighted by Crippen LogP contribution is 2.22. The van der Waals surface area contributed by atoms with Gasteiger partial charge in [-0.15, -0.1) is 12.4 Å². The average molecular weight is 322 g/mol. The number of carbonyl (C=O) groups is 1. The Balaban J connectivity index is 0.00000242. The van der Waals surface area contributed by atoms with Crippen molar-refractivity contribution in [1.82, 2.24) is 4.98 Å². The van der Waals surface area contributed by atoms with Gasteiger partial charge in [0, 0.05) is 24.0 Å². The van der Waals surface area contributed by atoms with Crippen LogP contribution in [0.15, 0.2) is 48.7 Å². The minimum atomic E-state index is -0.490. The van der Waals surface area contributed by atoms with Gasteiger partial charge in [-0.25, -0.2) is 4.98 Å². The molecule has 6 heteroatoms. The third kappa shape index (κ3) is 5.35. The second kappa shape index (κ2) is 9.02. The summed E-state index contributed by atoms with van der Waals surface area (Å²) in [5.74, 6) is 0.922. The minimum absolute atomic E-state index is 0. The molecular formula is C16H20ClN3O2. The summed E-state index contributed by atoms with van der Waals surface area (Å²) in [6, 6.07) is 12.1. The molecule has 3 N–H and O–H groups in total. The molecule has 1 atom stereocenters. The molecule has 0 bridgehead atoms. The quantitative estimate of drug-likeness (QED) is 0.855. The molecule has 1 aromatic carbocycles. The van der Waals surface area contributed by atoms with Gasteiger partial charge < -0.3 is 15.8 Å². The van der Waals surface area contributed by atoms with Crippen LogP contribution in [0.2, 0.25) is 0 Å². The van der Waals surface area contributed by atoms with Crippen LogP contribution < -0.4 is 15.8 Å². The van der Waals surface area contributed by atoms with Crippen molar-refractivity contribution in [3.63, 3.8) is 0 Å². The van der Waals surface area contributed by atoms with Gasteiger partial charge in [0.25, 0.3) is 0 Å². The number of pyridine rings is 1. The standard InChI is InChI=1S/C16H19N3O2.ClH/c1-2-6-14(17)16(20)19-12-7-5-8-13(11-12)21-15-9-3-4-10-18-15;/h3-5,7-11,14H,2,6,17H2,1H3,(H,19,20);1H. The van der Waals surface area contributed by atoms with Crippen molar-refractivity contribution in [3.8, 4) is 11.6 Å². The molecule has 0 fully saturated rings. The molecule has 5 nitrogen and oxygen atoms in total. The maximum atomic E-state index is 11.9. The lowest BCUT2D eigenvalue weighted by Gasteiger charge is -2.12. The fourth-order valence-corrected chi connectivity index (χ4v) is 1.84. The van der Waals surface area contributed by atoms with Crippen LogP contribution >= 0.6 is 12.4 Å². The number of rotatable bonds is 6. The molecule has 118 valence electrons. The van der Waals surface area contributed by atoms with Crippen LogP contribution in [0.1, 0.15) is 19.8 Å². The summed E-state index contributed by atoms with van der Waals surface area (Å²) in [4.78, 5) is 16.0. The Bertz CT molecular complexity index is 593. The number of anilines is 1. The van der Waals surface area contributed by atoms with Crippen molar-refractivity contribution in [3.05, 3.63) is 48.7 Å². The topological polar surface area (TPSA) is 77.2 Å². The summed E-state index contributed by atoms with van der Waals surface area (Å²) >= 11 is 0. The number of ether oxygens (including phenoxy) is 1. The Kier molecular flexibility index (Phi) is 7.36. The van der Waals surface area contributed by atoms with E-state index in [0.717, 1.165) is 6.42 Å². The average Bonchev–Trinajstić information content (AvgIpc) is 2.49. The normalized spacial score (nSPS) is 11.2. The molecule has 22 heavy (non-hydrogen) atoms. The van der Waals surface area contributed by atoms with Crippen LogP contribution in [-0.2, 0) is 4.79 Å². The van der Waals surface area contributed by atoms with Gasteiger partial charge in [0.2, 0.25) is 11.8 Å². The van der Waals surface area contributed by atoms with Gasteiger partial charge in [0.15, 0.2) is 0 Å². The van der Waals surface area contributed by atoms with E-state index in [4.69, 9.17) is 10.5 Å². The first-order valence-corrected chi connectivity index (χ1v) is 6.94. The van der Waals surface area contributed by atoms with Crippen LogP contribution in [0, 0.1) is 0 Å². The fourth-order valence-electron chi connectivity index (χ4n) is 1.84. The maximum absolute atomic E-state index is 11.9. The molecule has 0 saturated heterocycles. The van der Waals surface area contributed by atoms with Crippen molar-refractivity contribution < 1.29 is 9.53 Å². The van der Waals surface area contributed by atoms with E-state index < -0.39 is 6.04 Å². The summed E-state index contributed by atoms with van der Waals surface area (Å²) in [5.41, 5.74) is 6.44. The molecule has 1 amide bonds. The highest BCUT2D eigenvalue weighted by atomic mass is 35.5. The predicted molar refractivity (Wildman–Crippen MR) is 89.5 cm³/mol. The lowest BCUT2D eigenvalue weighted by Crippen LogP contribution is -2.35. The lowest BCUT2D eigenvalue weighted by atomic mass is 10.1. The monoisotopic (exact) mass is 321 g/mol. The van der Waals surface area contributed by atoms with Gasteiger partial charge in [-0.05, 0) is 24.6 Å². The van der Waals surface area contributed by atoms with Gasteiger partial charge in [-0.3, -0.25) is 4.79 Å². The third-order valence-electron chi connectivity index (χ3n) is 2.90. The van der Waals surface area contributed by atoms with Gasteiger partial charge in [-0.2, -0.15) is 0 Å². The van der Waals surface area contributed by atoms with Crippen LogP contribution in [-0.4, -0.2) is 16.9 Å². The first-order valence-electron chi connectivity index (χ1n) is 6.94. The van der Waals surface area contributed by atoms with Crippen LogP contribution in [0.3, 0.4) is 0 Å². The number of benzene rings is 1. The minimum Gasteiger partial charge on any atom is -0.439 e. The number of amides is 1. The molecule has 2 aromatic rings. The molecule has 2 rings (SSSR count). The fraction of sp³-hybridized carbons (Fsp3) is 0.250. The molecule has 1 unspecified atom stereocenters. The van der Waals surface area contributed by atoms with E-state index in [1.165, 1.54) is 0 Å². The molecular weight excluding hydrogens is 302 g/mol. The van der Waals surface area contributed by atoms with E-state index in [2.05, 4.69) is 10.3 Å². The first kappa shape index (κ1) is 17.9. The number of hydrogen-bond acceptors (Lipinski definition) is 4. The van der Waals surface area contributed by atoms with E-state index in [1.54, 1.807) is 36.5 Å². The number of nitrogens with two attached hydrogens (primary N) is 1. The van der Waals surface area contributed by atoms with Crippen molar-refractivity contribution in [1.29, 1.82) is 0 Å². The number of hydrogen-bond donors (Lipinski definition) is 2. The van der Waals surface area contributed by atoms with Crippen molar-refractivity contribution in [2.45, 2.75) is 25.8 Å². The molecule has 0 saturated carbocycles. The summed E-state index contributed by atoms with van der Waals surface area (Å²) in [5, 5.41) is 2.79. The third-order valence-corrected chi connectivity index (χ3v) is 2.90. The molecule has 0 spiro atoms. The van der Waals surface area contributed by atoms with Gasteiger partial charge in [0.1, 0.15) is 5.75 Å². The Morgan fingerprint density at radius 1 is 1.32 bits per heavy atom. The van der Waals surface area contributed by atoms with E-state index in [-0.39, 0.29) is 18.3 Å². The molecule has 1 heterocycles. The summed E-state index contributed by atoms with van der Waals surface area (Å²) in [6.07, 6.45) is 3.19. The zero-order chi connectivity index (χ0) is 15.1. The van der Waals surface area contributed by atoms with Crippen molar-refractivity contribution in [2.75, 3.05) is 5.32 Å². The highest BCUT2D eigenvalue weighted by molar-refractivity contribution is 5.94. The number of nitrogens with one attached hydrogen (secondary N) is 1. The number of nitrogens with zero attached hydrogens (tertiary/aromatic N) is 1.